The Labute approximate surface area is 119 Å². The number of rotatable bonds is 6. The van der Waals surface area contributed by atoms with E-state index in [-0.39, 0.29) is 6.10 Å². The van der Waals surface area contributed by atoms with E-state index in [1.54, 1.807) is 7.11 Å². The lowest BCUT2D eigenvalue weighted by Crippen LogP contribution is -2.41. The van der Waals surface area contributed by atoms with Gasteiger partial charge in [0.25, 0.3) is 0 Å². The third-order valence-electron chi connectivity index (χ3n) is 4.23. The minimum Gasteiger partial charge on any atom is -0.375 e. The summed E-state index contributed by atoms with van der Waals surface area (Å²) < 4.78 is 5.57. The number of likely N-dealkylation sites (tertiary alicyclic amines) is 1. The van der Waals surface area contributed by atoms with Crippen LogP contribution in [0.15, 0.2) is 4.99 Å². The zero-order valence-corrected chi connectivity index (χ0v) is 13.3. The molecule has 1 rings (SSSR count). The van der Waals surface area contributed by atoms with Gasteiger partial charge in [-0.1, -0.05) is 26.2 Å². The van der Waals surface area contributed by atoms with Crippen LogP contribution in [-0.4, -0.2) is 50.0 Å². The minimum atomic E-state index is 0.151. The SMILES string of the molecule is CC/N=C\C(OC)C(C)CN1CCCCCCC1C. The fraction of sp³-hybridized carbons (Fsp3) is 0.938. The first-order valence-corrected chi connectivity index (χ1v) is 7.95. The number of hydrogen-bond donors (Lipinski definition) is 0. The smallest absolute Gasteiger partial charge is 0.0955 e. The Hall–Kier alpha value is -0.410. The van der Waals surface area contributed by atoms with Gasteiger partial charge in [-0.25, -0.2) is 0 Å². The Balaban J connectivity index is 2.51. The van der Waals surface area contributed by atoms with E-state index in [1.165, 1.54) is 38.6 Å². The first-order valence-electron chi connectivity index (χ1n) is 7.95. The minimum absolute atomic E-state index is 0.151. The largest absolute Gasteiger partial charge is 0.375 e. The summed E-state index contributed by atoms with van der Waals surface area (Å²) in [5.41, 5.74) is 0. The second-order valence-corrected chi connectivity index (χ2v) is 5.87. The lowest BCUT2D eigenvalue weighted by molar-refractivity contribution is 0.0760. The summed E-state index contributed by atoms with van der Waals surface area (Å²) in [6.07, 6.45) is 9.01. The molecule has 0 bridgehead atoms. The lowest BCUT2D eigenvalue weighted by atomic mass is 9.99. The van der Waals surface area contributed by atoms with Crippen LogP contribution >= 0.6 is 0 Å². The quantitative estimate of drug-likeness (QED) is 0.690. The van der Waals surface area contributed by atoms with E-state index in [0.29, 0.717) is 12.0 Å². The molecule has 0 spiro atoms. The molecule has 0 aliphatic carbocycles. The van der Waals surface area contributed by atoms with Crippen LogP contribution in [0.1, 0.15) is 52.9 Å². The molecule has 0 N–H and O–H groups in total. The second kappa shape index (κ2) is 9.49. The van der Waals surface area contributed by atoms with Gasteiger partial charge in [0, 0.05) is 38.4 Å². The predicted molar refractivity (Wildman–Crippen MR) is 83.1 cm³/mol. The Bertz CT molecular complexity index is 255. The highest BCUT2D eigenvalue weighted by atomic mass is 16.5. The number of methoxy groups -OCH3 is 1. The van der Waals surface area contributed by atoms with Gasteiger partial charge in [0.1, 0.15) is 0 Å². The van der Waals surface area contributed by atoms with Crippen molar-refractivity contribution in [2.75, 3.05) is 26.7 Å². The van der Waals surface area contributed by atoms with E-state index >= 15 is 0 Å². The van der Waals surface area contributed by atoms with Gasteiger partial charge < -0.3 is 9.64 Å². The summed E-state index contributed by atoms with van der Waals surface area (Å²) in [5.74, 6) is 0.502. The summed E-state index contributed by atoms with van der Waals surface area (Å²) in [7, 11) is 1.79. The Kier molecular flexibility index (Phi) is 8.31. The Morgan fingerprint density at radius 1 is 1.32 bits per heavy atom. The van der Waals surface area contributed by atoms with Crippen LogP contribution in [0, 0.1) is 5.92 Å². The van der Waals surface area contributed by atoms with Crippen molar-refractivity contribution in [2.24, 2.45) is 10.9 Å². The first-order chi connectivity index (χ1) is 9.19. The topological polar surface area (TPSA) is 24.8 Å². The lowest BCUT2D eigenvalue weighted by Gasteiger charge is -2.34. The molecule has 1 aliphatic heterocycles. The fourth-order valence-electron chi connectivity index (χ4n) is 2.91. The van der Waals surface area contributed by atoms with Crippen LogP contribution < -0.4 is 0 Å². The van der Waals surface area contributed by atoms with Gasteiger partial charge in [-0.05, 0) is 33.2 Å². The zero-order valence-electron chi connectivity index (χ0n) is 13.3. The van der Waals surface area contributed by atoms with E-state index in [9.17, 15) is 0 Å². The van der Waals surface area contributed by atoms with Crippen molar-refractivity contribution in [3.8, 4) is 0 Å². The van der Waals surface area contributed by atoms with Gasteiger partial charge in [-0.3, -0.25) is 4.99 Å². The van der Waals surface area contributed by atoms with Gasteiger partial charge in [-0.15, -0.1) is 0 Å². The highest BCUT2D eigenvalue weighted by molar-refractivity contribution is 5.63. The molecular weight excluding hydrogens is 236 g/mol. The average molecular weight is 268 g/mol. The van der Waals surface area contributed by atoms with Gasteiger partial charge in [0.2, 0.25) is 0 Å². The molecule has 3 atom stereocenters. The third kappa shape index (κ3) is 6.05. The normalized spacial score (nSPS) is 26.0. The summed E-state index contributed by atoms with van der Waals surface area (Å²) in [6, 6.07) is 0.711. The first kappa shape index (κ1) is 16.6. The van der Waals surface area contributed by atoms with Crippen molar-refractivity contribution < 1.29 is 4.74 Å². The van der Waals surface area contributed by atoms with Crippen molar-refractivity contribution in [3.05, 3.63) is 0 Å². The standard InChI is InChI=1S/C16H32N2O/c1-5-17-12-16(19-4)14(2)13-18-11-9-7-6-8-10-15(18)3/h12,14-16H,5-11,13H2,1-4H3/b17-12-. The molecule has 0 saturated carbocycles. The van der Waals surface area contributed by atoms with Crippen LogP contribution in [0.4, 0.5) is 0 Å². The molecule has 3 unspecified atom stereocenters. The van der Waals surface area contributed by atoms with Gasteiger partial charge in [0.15, 0.2) is 0 Å². The van der Waals surface area contributed by atoms with E-state index in [0.717, 1.165) is 13.1 Å². The maximum absolute atomic E-state index is 5.57. The molecule has 0 aromatic rings. The summed E-state index contributed by atoms with van der Waals surface area (Å²) in [5, 5.41) is 0. The molecular formula is C16H32N2O. The van der Waals surface area contributed by atoms with Crippen LogP contribution in [0.3, 0.4) is 0 Å². The highest BCUT2D eigenvalue weighted by Gasteiger charge is 2.22. The number of hydrogen-bond acceptors (Lipinski definition) is 3. The molecule has 1 heterocycles. The fourth-order valence-corrected chi connectivity index (χ4v) is 2.91. The van der Waals surface area contributed by atoms with Crippen molar-refractivity contribution in [1.29, 1.82) is 0 Å². The van der Waals surface area contributed by atoms with Crippen LogP contribution in [0.5, 0.6) is 0 Å². The van der Waals surface area contributed by atoms with Gasteiger partial charge in [-0.2, -0.15) is 0 Å². The van der Waals surface area contributed by atoms with Gasteiger partial charge >= 0.3 is 0 Å². The average Bonchev–Trinajstić information content (AvgIpc) is 2.39. The maximum atomic E-state index is 5.57. The van der Waals surface area contributed by atoms with Crippen molar-refractivity contribution in [3.63, 3.8) is 0 Å². The molecule has 0 aromatic heterocycles. The Morgan fingerprint density at radius 2 is 2.05 bits per heavy atom. The summed E-state index contributed by atoms with van der Waals surface area (Å²) in [6.45, 7) is 9.92. The third-order valence-corrected chi connectivity index (χ3v) is 4.23. The van der Waals surface area contributed by atoms with Crippen molar-refractivity contribution in [1.82, 2.24) is 4.90 Å². The molecule has 3 nitrogen and oxygen atoms in total. The van der Waals surface area contributed by atoms with Crippen LogP contribution in [0.25, 0.3) is 0 Å². The molecule has 0 aromatic carbocycles. The molecule has 0 amide bonds. The van der Waals surface area contributed by atoms with E-state index in [1.807, 2.05) is 6.21 Å². The zero-order chi connectivity index (χ0) is 14.1. The van der Waals surface area contributed by atoms with Crippen molar-refractivity contribution in [2.45, 2.75) is 65.0 Å². The molecule has 0 radical (unpaired) electrons. The second-order valence-electron chi connectivity index (χ2n) is 5.87. The number of ether oxygens (including phenoxy) is 1. The summed E-state index contributed by atoms with van der Waals surface area (Å²) >= 11 is 0. The van der Waals surface area contributed by atoms with E-state index in [2.05, 4.69) is 30.7 Å². The number of aliphatic imine (C=N–C) groups is 1. The molecule has 1 saturated heterocycles. The molecule has 1 fully saturated rings. The predicted octanol–water partition coefficient (Wildman–Crippen LogP) is 3.38. The highest BCUT2D eigenvalue weighted by Crippen LogP contribution is 2.18. The Morgan fingerprint density at radius 3 is 2.74 bits per heavy atom. The molecule has 112 valence electrons. The van der Waals surface area contributed by atoms with Crippen LogP contribution in [0.2, 0.25) is 0 Å². The van der Waals surface area contributed by atoms with Crippen LogP contribution in [-0.2, 0) is 4.74 Å². The molecule has 3 heteroatoms. The maximum Gasteiger partial charge on any atom is 0.0955 e. The monoisotopic (exact) mass is 268 g/mol. The van der Waals surface area contributed by atoms with Crippen molar-refractivity contribution >= 4 is 6.21 Å². The molecule has 1 aliphatic rings. The summed E-state index contributed by atoms with van der Waals surface area (Å²) in [4.78, 5) is 6.99. The van der Waals surface area contributed by atoms with E-state index < -0.39 is 0 Å². The van der Waals surface area contributed by atoms with Gasteiger partial charge in [0.05, 0.1) is 6.10 Å². The number of nitrogens with zero attached hydrogens (tertiary/aromatic N) is 2. The van der Waals surface area contributed by atoms with E-state index in [4.69, 9.17) is 4.74 Å². The molecule has 19 heavy (non-hydrogen) atoms.